The van der Waals surface area contributed by atoms with Crippen LogP contribution >= 0.6 is 0 Å². The van der Waals surface area contributed by atoms with Crippen molar-refractivity contribution in [3.8, 4) is 0 Å². The zero-order valence-corrected chi connectivity index (χ0v) is 8.08. The van der Waals surface area contributed by atoms with Gasteiger partial charge in [0, 0.05) is 13.1 Å². The van der Waals surface area contributed by atoms with Crippen LogP contribution in [0.5, 0.6) is 0 Å². The van der Waals surface area contributed by atoms with Crippen molar-refractivity contribution in [2.24, 2.45) is 5.41 Å². The van der Waals surface area contributed by atoms with Crippen molar-refractivity contribution in [2.75, 3.05) is 19.6 Å². The third-order valence-electron chi connectivity index (χ3n) is 2.79. The number of nitrogens with zero attached hydrogens (tertiary/aromatic N) is 1. The van der Waals surface area contributed by atoms with Gasteiger partial charge in [0.15, 0.2) is 0 Å². The van der Waals surface area contributed by atoms with E-state index in [1.165, 1.54) is 0 Å². The first-order valence-electron chi connectivity index (χ1n) is 4.57. The van der Waals surface area contributed by atoms with Gasteiger partial charge in [-0.15, -0.1) is 6.58 Å². The van der Waals surface area contributed by atoms with E-state index in [4.69, 9.17) is 0 Å². The highest BCUT2D eigenvalue weighted by Gasteiger charge is 2.33. The average Bonchev–Trinajstić information content (AvgIpc) is 1.98. The van der Waals surface area contributed by atoms with Crippen molar-refractivity contribution in [2.45, 2.75) is 26.4 Å². The molecule has 1 fully saturated rings. The van der Waals surface area contributed by atoms with Gasteiger partial charge in [-0.1, -0.05) is 19.9 Å². The largest absolute Gasteiger partial charge is 0.391 e. The Bertz CT molecular complexity index is 165. The minimum absolute atomic E-state index is 0.0949. The van der Waals surface area contributed by atoms with Gasteiger partial charge in [0.05, 0.1) is 6.10 Å². The zero-order valence-electron chi connectivity index (χ0n) is 8.08. The van der Waals surface area contributed by atoms with E-state index in [0.29, 0.717) is 0 Å². The molecule has 0 aromatic heterocycles. The number of piperidine rings is 1. The lowest BCUT2D eigenvalue weighted by atomic mass is 9.80. The average molecular weight is 169 g/mol. The van der Waals surface area contributed by atoms with Crippen molar-refractivity contribution in [3.05, 3.63) is 12.7 Å². The van der Waals surface area contributed by atoms with Gasteiger partial charge in [-0.3, -0.25) is 4.90 Å². The van der Waals surface area contributed by atoms with E-state index in [1.54, 1.807) is 0 Å². The van der Waals surface area contributed by atoms with Gasteiger partial charge in [-0.25, -0.2) is 0 Å². The third kappa shape index (κ3) is 2.08. The van der Waals surface area contributed by atoms with Crippen LogP contribution < -0.4 is 0 Å². The van der Waals surface area contributed by atoms with E-state index in [-0.39, 0.29) is 11.5 Å². The van der Waals surface area contributed by atoms with Crippen molar-refractivity contribution in [1.29, 1.82) is 0 Å². The lowest BCUT2D eigenvalue weighted by Crippen LogP contribution is -2.48. The first-order valence-corrected chi connectivity index (χ1v) is 4.57. The van der Waals surface area contributed by atoms with E-state index >= 15 is 0 Å². The molecule has 1 atom stereocenters. The lowest BCUT2D eigenvalue weighted by molar-refractivity contribution is -0.0215. The van der Waals surface area contributed by atoms with Crippen LogP contribution in [0.2, 0.25) is 0 Å². The summed E-state index contributed by atoms with van der Waals surface area (Å²) in [5, 5.41) is 9.76. The Balaban J connectivity index is 2.46. The Labute approximate surface area is 74.9 Å². The third-order valence-corrected chi connectivity index (χ3v) is 2.79. The standard InChI is InChI=1S/C10H19NO/c1-4-6-11-7-5-10(2,3)9(12)8-11/h4,9,12H,1,5-8H2,2-3H3. The van der Waals surface area contributed by atoms with Gasteiger partial charge in [0.25, 0.3) is 0 Å². The molecule has 0 amide bonds. The van der Waals surface area contributed by atoms with Gasteiger partial charge >= 0.3 is 0 Å². The molecule has 1 aliphatic rings. The summed E-state index contributed by atoms with van der Waals surface area (Å²) in [4.78, 5) is 2.24. The maximum Gasteiger partial charge on any atom is 0.0718 e. The quantitative estimate of drug-likeness (QED) is 0.629. The molecule has 0 radical (unpaired) electrons. The highest BCUT2D eigenvalue weighted by atomic mass is 16.3. The molecule has 2 nitrogen and oxygen atoms in total. The van der Waals surface area contributed by atoms with Crippen molar-refractivity contribution in [3.63, 3.8) is 0 Å². The number of hydrogen-bond donors (Lipinski definition) is 1. The molecule has 1 aliphatic heterocycles. The lowest BCUT2D eigenvalue weighted by Gasteiger charge is -2.40. The summed E-state index contributed by atoms with van der Waals surface area (Å²) in [5.74, 6) is 0. The SMILES string of the molecule is C=CCN1CCC(C)(C)C(O)C1. The number of likely N-dealkylation sites (tertiary alicyclic amines) is 1. The molecule has 1 unspecified atom stereocenters. The van der Waals surface area contributed by atoms with Crippen LogP contribution in [0.4, 0.5) is 0 Å². The van der Waals surface area contributed by atoms with Gasteiger partial charge in [0.2, 0.25) is 0 Å². The maximum atomic E-state index is 9.76. The highest BCUT2D eigenvalue weighted by Crippen LogP contribution is 2.29. The number of rotatable bonds is 2. The van der Waals surface area contributed by atoms with E-state index in [2.05, 4.69) is 25.3 Å². The Morgan fingerprint density at radius 1 is 1.67 bits per heavy atom. The molecular weight excluding hydrogens is 150 g/mol. The van der Waals surface area contributed by atoms with Crippen molar-refractivity contribution < 1.29 is 5.11 Å². The summed E-state index contributed by atoms with van der Waals surface area (Å²) in [6.07, 6.45) is 2.78. The predicted molar refractivity (Wildman–Crippen MR) is 51.0 cm³/mol. The van der Waals surface area contributed by atoms with Crippen LogP contribution in [0.1, 0.15) is 20.3 Å². The summed E-state index contributed by atoms with van der Waals surface area (Å²) < 4.78 is 0. The fourth-order valence-corrected chi connectivity index (χ4v) is 1.54. The Hall–Kier alpha value is -0.340. The van der Waals surface area contributed by atoms with Crippen molar-refractivity contribution in [1.82, 2.24) is 4.90 Å². The summed E-state index contributed by atoms with van der Waals surface area (Å²) in [7, 11) is 0. The van der Waals surface area contributed by atoms with Crippen LogP contribution in [-0.2, 0) is 0 Å². The molecule has 1 N–H and O–H groups in total. The minimum Gasteiger partial charge on any atom is -0.391 e. The van der Waals surface area contributed by atoms with E-state index in [9.17, 15) is 5.11 Å². The molecule has 0 spiro atoms. The predicted octanol–water partition coefficient (Wildman–Crippen LogP) is 1.27. The molecule has 2 heteroatoms. The molecular formula is C10H19NO. The normalized spacial score (nSPS) is 30.1. The maximum absolute atomic E-state index is 9.76. The molecule has 1 heterocycles. The second kappa shape index (κ2) is 3.58. The second-order valence-corrected chi connectivity index (χ2v) is 4.30. The van der Waals surface area contributed by atoms with Crippen LogP contribution in [0, 0.1) is 5.41 Å². The molecule has 0 bridgehead atoms. The molecule has 0 aromatic carbocycles. The first-order chi connectivity index (χ1) is 5.56. The van der Waals surface area contributed by atoms with Crippen molar-refractivity contribution >= 4 is 0 Å². The summed E-state index contributed by atoms with van der Waals surface area (Å²) in [6.45, 7) is 10.7. The Kier molecular flexibility index (Phi) is 2.91. The van der Waals surface area contributed by atoms with Crippen LogP contribution in [-0.4, -0.2) is 35.7 Å². The summed E-state index contributed by atoms with van der Waals surface area (Å²) in [5.41, 5.74) is 0.0949. The van der Waals surface area contributed by atoms with E-state index in [1.807, 2.05) is 6.08 Å². The Morgan fingerprint density at radius 3 is 2.83 bits per heavy atom. The van der Waals surface area contributed by atoms with Crippen LogP contribution in [0.15, 0.2) is 12.7 Å². The van der Waals surface area contributed by atoms with Crippen LogP contribution in [0.25, 0.3) is 0 Å². The highest BCUT2D eigenvalue weighted by molar-refractivity contribution is 4.88. The van der Waals surface area contributed by atoms with Gasteiger partial charge in [-0.2, -0.15) is 0 Å². The number of aliphatic hydroxyl groups excluding tert-OH is 1. The molecule has 1 saturated heterocycles. The second-order valence-electron chi connectivity index (χ2n) is 4.30. The van der Waals surface area contributed by atoms with Crippen LogP contribution in [0.3, 0.4) is 0 Å². The molecule has 1 rings (SSSR count). The van der Waals surface area contributed by atoms with Gasteiger partial charge in [0.1, 0.15) is 0 Å². The first kappa shape index (κ1) is 9.75. The molecule has 0 aliphatic carbocycles. The number of aliphatic hydroxyl groups is 1. The summed E-state index contributed by atoms with van der Waals surface area (Å²) >= 11 is 0. The summed E-state index contributed by atoms with van der Waals surface area (Å²) in [6, 6.07) is 0. The number of β-amino-alcohol motifs (C(OH)–C–C–N with tert-alkyl or cyclic N) is 1. The topological polar surface area (TPSA) is 23.5 Å². The minimum atomic E-state index is -0.189. The monoisotopic (exact) mass is 169 g/mol. The Morgan fingerprint density at radius 2 is 2.33 bits per heavy atom. The molecule has 0 saturated carbocycles. The molecule has 70 valence electrons. The van der Waals surface area contributed by atoms with E-state index < -0.39 is 0 Å². The van der Waals surface area contributed by atoms with E-state index in [0.717, 1.165) is 26.1 Å². The molecule has 0 aromatic rings. The van der Waals surface area contributed by atoms with Gasteiger partial charge < -0.3 is 5.11 Å². The zero-order chi connectivity index (χ0) is 9.19. The fraction of sp³-hybridized carbons (Fsp3) is 0.800. The smallest absolute Gasteiger partial charge is 0.0718 e. The number of hydrogen-bond acceptors (Lipinski definition) is 2. The molecule has 12 heavy (non-hydrogen) atoms. The van der Waals surface area contributed by atoms with Gasteiger partial charge in [-0.05, 0) is 18.4 Å². The fourth-order valence-electron chi connectivity index (χ4n) is 1.54.